The third-order valence-electron chi connectivity index (χ3n) is 3.32. The summed E-state index contributed by atoms with van der Waals surface area (Å²) in [5, 5.41) is 2.85. The Kier molecular flexibility index (Phi) is 6.07. The molecule has 0 aliphatic carbocycles. The first-order valence-electron chi connectivity index (χ1n) is 7.79. The Morgan fingerprint density at radius 1 is 1.04 bits per heavy atom. The lowest BCUT2D eigenvalue weighted by Gasteiger charge is -2.12. The average Bonchev–Trinajstić information content (AvgIpc) is 2.60. The normalized spacial score (nSPS) is 10.4. The van der Waals surface area contributed by atoms with Crippen molar-refractivity contribution in [2.75, 3.05) is 26.1 Å². The van der Waals surface area contributed by atoms with Crippen molar-refractivity contribution in [3.05, 3.63) is 48.0 Å². The summed E-state index contributed by atoms with van der Waals surface area (Å²) in [7, 11) is 3.12. The van der Waals surface area contributed by atoms with Crippen LogP contribution in [0.25, 0.3) is 0 Å². The molecule has 0 aromatic heterocycles. The van der Waals surface area contributed by atoms with Crippen LogP contribution in [0.2, 0.25) is 0 Å². The molecule has 0 aliphatic rings. The number of carbonyl (C=O) groups excluding carboxylic acids is 1. The first-order chi connectivity index (χ1) is 11.5. The zero-order valence-corrected chi connectivity index (χ0v) is 14.5. The Morgan fingerprint density at radius 3 is 2.46 bits per heavy atom. The van der Waals surface area contributed by atoms with Gasteiger partial charge in [0.15, 0.2) is 11.5 Å². The summed E-state index contributed by atoms with van der Waals surface area (Å²) in [6.07, 6.45) is 0. The molecule has 0 fully saturated rings. The number of rotatable bonds is 7. The van der Waals surface area contributed by atoms with E-state index < -0.39 is 0 Å². The molecule has 5 nitrogen and oxygen atoms in total. The number of methoxy groups -OCH3 is 2. The second-order valence-electron chi connectivity index (χ2n) is 5.76. The molecule has 0 unspecified atom stereocenters. The lowest BCUT2D eigenvalue weighted by molar-refractivity contribution is 0.102. The van der Waals surface area contributed by atoms with Crippen LogP contribution in [-0.4, -0.2) is 26.7 Å². The number of hydrogen-bond acceptors (Lipinski definition) is 4. The van der Waals surface area contributed by atoms with E-state index in [0.717, 1.165) is 0 Å². The molecule has 128 valence electrons. The molecule has 0 radical (unpaired) electrons. The highest BCUT2D eigenvalue weighted by molar-refractivity contribution is 6.04. The summed E-state index contributed by atoms with van der Waals surface area (Å²) in [5.41, 5.74) is 1.16. The number of carbonyl (C=O) groups is 1. The van der Waals surface area contributed by atoms with Crippen LogP contribution < -0.4 is 19.5 Å². The maximum absolute atomic E-state index is 12.4. The number of nitrogens with one attached hydrogen (secondary N) is 1. The highest BCUT2D eigenvalue weighted by Crippen LogP contribution is 2.30. The summed E-state index contributed by atoms with van der Waals surface area (Å²) < 4.78 is 16.1. The first kappa shape index (κ1) is 17.7. The standard InChI is InChI=1S/C19H23NO4/c1-13(2)12-24-16-7-5-6-14(10-16)19(21)20-15-8-9-17(22-3)18(11-15)23-4/h5-11,13H,12H2,1-4H3,(H,20,21). The molecule has 5 heteroatoms. The Hall–Kier alpha value is -2.69. The van der Waals surface area contributed by atoms with Gasteiger partial charge in [-0.2, -0.15) is 0 Å². The summed E-state index contributed by atoms with van der Waals surface area (Å²) in [6, 6.07) is 12.4. The van der Waals surface area contributed by atoms with Gasteiger partial charge in [-0.15, -0.1) is 0 Å². The molecule has 24 heavy (non-hydrogen) atoms. The summed E-state index contributed by atoms with van der Waals surface area (Å²) >= 11 is 0. The van der Waals surface area contributed by atoms with Crippen LogP contribution >= 0.6 is 0 Å². The minimum Gasteiger partial charge on any atom is -0.493 e. The van der Waals surface area contributed by atoms with Crippen molar-refractivity contribution >= 4 is 11.6 Å². The van der Waals surface area contributed by atoms with E-state index in [4.69, 9.17) is 14.2 Å². The predicted molar refractivity (Wildman–Crippen MR) is 94.3 cm³/mol. The van der Waals surface area contributed by atoms with Gasteiger partial charge in [-0.1, -0.05) is 19.9 Å². The van der Waals surface area contributed by atoms with E-state index in [1.54, 1.807) is 50.6 Å². The molecule has 0 spiro atoms. The number of benzene rings is 2. The number of ether oxygens (including phenoxy) is 3. The molecular weight excluding hydrogens is 306 g/mol. The van der Waals surface area contributed by atoms with Crippen LogP contribution in [0.5, 0.6) is 17.2 Å². The second-order valence-corrected chi connectivity index (χ2v) is 5.76. The topological polar surface area (TPSA) is 56.8 Å². The Labute approximate surface area is 142 Å². The lowest BCUT2D eigenvalue weighted by Crippen LogP contribution is -2.12. The van der Waals surface area contributed by atoms with Crippen molar-refractivity contribution in [3.63, 3.8) is 0 Å². The van der Waals surface area contributed by atoms with Crippen LogP contribution in [0.3, 0.4) is 0 Å². The van der Waals surface area contributed by atoms with Gasteiger partial charge in [-0.3, -0.25) is 4.79 Å². The van der Waals surface area contributed by atoms with Crippen molar-refractivity contribution < 1.29 is 19.0 Å². The van der Waals surface area contributed by atoms with E-state index in [1.807, 2.05) is 6.07 Å². The van der Waals surface area contributed by atoms with Crippen LogP contribution in [-0.2, 0) is 0 Å². The Balaban J connectivity index is 2.11. The van der Waals surface area contributed by atoms with Crippen molar-refractivity contribution in [1.29, 1.82) is 0 Å². The molecule has 2 aromatic rings. The molecule has 0 saturated heterocycles. The molecule has 0 atom stereocenters. The summed E-state index contributed by atoms with van der Waals surface area (Å²) in [4.78, 5) is 12.4. The van der Waals surface area contributed by atoms with Gasteiger partial charge in [-0.25, -0.2) is 0 Å². The maximum atomic E-state index is 12.4. The predicted octanol–water partition coefficient (Wildman–Crippen LogP) is 3.99. The fraction of sp³-hybridized carbons (Fsp3) is 0.316. The van der Waals surface area contributed by atoms with Gasteiger partial charge in [0, 0.05) is 17.3 Å². The molecule has 0 heterocycles. The molecule has 0 bridgehead atoms. The number of anilines is 1. The van der Waals surface area contributed by atoms with E-state index >= 15 is 0 Å². The number of amides is 1. The molecule has 2 aromatic carbocycles. The minimum atomic E-state index is -0.211. The van der Waals surface area contributed by atoms with E-state index in [0.29, 0.717) is 41.0 Å². The third-order valence-corrected chi connectivity index (χ3v) is 3.32. The summed E-state index contributed by atoms with van der Waals surface area (Å²) in [6.45, 7) is 4.77. The molecule has 2 rings (SSSR count). The summed E-state index contributed by atoms with van der Waals surface area (Å²) in [5.74, 6) is 2.07. The highest BCUT2D eigenvalue weighted by atomic mass is 16.5. The molecule has 1 amide bonds. The van der Waals surface area contributed by atoms with Crippen LogP contribution in [0.4, 0.5) is 5.69 Å². The fourth-order valence-corrected chi connectivity index (χ4v) is 2.11. The van der Waals surface area contributed by atoms with Gasteiger partial charge in [0.2, 0.25) is 0 Å². The zero-order valence-electron chi connectivity index (χ0n) is 14.5. The third kappa shape index (κ3) is 4.65. The van der Waals surface area contributed by atoms with Gasteiger partial charge < -0.3 is 19.5 Å². The van der Waals surface area contributed by atoms with Crippen LogP contribution in [0, 0.1) is 5.92 Å². The average molecular weight is 329 g/mol. The SMILES string of the molecule is COc1ccc(NC(=O)c2cccc(OCC(C)C)c2)cc1OC. The van der Waals surface area contributed by atoms with Crippen molar-refractivity contribution in [3.8, 4) is 17.2 Å². The van der Waals surface area contributed by atoms with Crippen molar-refractivity contribution in [1.82, 2.24) is 0 Å². The van der Waals surface area contributed by atoms with Gasteiger partial charge in [0.25, 0.3) is 5.91 Å². The molecule has 0 aliphatic heterocycles. The van der Waals surface area contributed by atoms with Crippen molar-refractivity contribution in [2.24, 2.45) is 5.92 Å². The number of hydrogen-bond donors (Lipinski definition) is 1. The molecule has 1 N–H and O–H groups in total. The largest absolute Gasteiger partial charge is 0.493 e. The van der Waals surface area contributed by atoms with Gasteiger partial charge >= 0.3 is 0 Å². The van der Waals surface area contributed by atoms with Crippen molar-refractivity contribution in [2.45, 2.75) is 13.8 Å². The quantitative estimate of drug-likeness (QED) is 0.834. The smallest absolute Gasteiger partial charge is 0.255 e. The zero-order chi connectivity index (χ0) is 17.5. The van der Waals surface area contributed by atoms with Gasteiger partial charge in [-0.05, 0) is 36.2 Å². The fourth-order valence-electron chi connectivity index (χ4n) is 2.11. The monoisotopic (exact) mass is 329 g/mol. The van der Waals surface area contributed by atoms with Crippen LogP contribution in [0.1, 0.15) is 24.2 Å². The maximum Gasteiger partial charge on any atom is 0.255 e. The second kappa shape index (κ2) is 8.24. The molecule has 0 saturated carbocycles. The van der Waals surface area contributed by atoms with Crippen LogP contribution in [0.15, 0.2) is 42.5 Å². The Bertz CT molecular complexity index is 698. The van der Waals surface area contributed by atoms with E-state index in [-0.39, 0.29) is 5.91 Å². The van der Waals surface area contributed by atoms with E-state index in [1.165, 1.54) is 0 Å². The first-order valence-corrected chi connectivity index (χ1v) is 7.79. The lowest BCUT2D eigenvalue weighted by atomic mass is 10.2. The highest BCUT2D eigenvalue weighted by Gasteiger charge is 2.10. The van der Waals surface area contributed by atoms with E-state index in [2.05, 4.69) is 19.2 Å². The van der Waals surface area contributed by atoms with E-state index in [9.17, 15) is 4.79 Å². The minimum absolute atomic E-state index is 0.211. The van der Waals surface area contributed by atoms with Gasteiger partial charge in [0.1, 0.15) is 5.75 Å². The molecular formula is C19H23NO4. The Morgan fingerprint density at radius 2 is 1.79 bits per heavy atom. The van der Waals surface area contributed by atoms with Gasteiger partial charge in [0.05, 0.1) is 20.8 Å².